The number of carbonyl (C=O) groups excluding carboxylic acids is 2. The van der Waals surface area contributed by atoms with Crippen LogP contribution in [0.15, 0.2) is 12.1 Å². The van der Waals surface area contributed by atoms with Gasteiger partial charge in [-0.25, -0.2) is 4.79 Å². The van der Waals surface area contributed by atoms with Crippen LogP contribution in [0.25, 0.3) is 0 Å². The smallest absolute Gasteiger partial charge is 0.344 e. The summed E-state index contributed by atoms with van der Waals surface area (Å²) in [7, 11) is 1.02. The number of ether oxygens (including phenoxy) is 3. The zero-order chi connectivity index (χ0) is 24.5. The molecule has 0 radical (unpaired) electrons. The maximum absolute atomic E-state index is 12.2. The highest BCUT2D eigenvalue weighted by atomic mass is 127. The maximum Gasteiger partial charge on any atom is 0.344 e. The zero-order valence-corrected chi connectivity index (χ0v) is 25.3. The number of nitrogens with zero attached hydrogens (tertiary/aromatic N) is 1. The fourth-order valence-corrected chi connectivity index (χ4v) is 6.61. The summed E-state index contributed by atoms with van der Waals surface area (Å²) < 4.78 is 40.3. The summed E-state index contributed by atoms with van der Waals surface area (Å²) in [5.41, 5.74) is 0. The fraction of sp³-hybridized carbons (Fsp3) is 0.556. The molecule has 0 amide bonds. The average Bonchev–Trinajstić information content (AvgIpc) is 2.61. The quantitative estimate of drug-likeness (QED) is 0.128. The summed E-state index contributed by atoms with van der Waals surface area (Å²) in [4.78, 5) is 35.3. The number of benzene rings is 1. The highest BCUT2D eigenvalue weighted by Gasteiger charge is 2.22. The van der Waals surface area contributed by atoms with E-state index in [-0.39, 0.29) is 13.2 Å². The van der Waals surface area contributed by atoms with E-state index in [2.05, 4.69) is 67.8 Å². The molecule has 1 aromatic carbocycles. The van der Waals surface area contributed by atoms with E-state index in [0.29, 0.717) is 16.8 Å². The van der Waals surface area contributed by atoms with E-state index in [0.717, 1.165) is 10.7 Å². The van der Waals surface area contributed by atoms with Gasteiger partial charge in [-0.05, 0) is 79.9 Å². The molecule has 182 valence electrons. The van der Waals surface area contributed by atoms with Crippen LogP contribution >= 0.6 is 75.6 Å². The van der Waals surface area contributed by atoms with Crippen molar-refractivity contribution in [1.82, 2.24) is 0 Å². The van der Waals surface area contributed by atoms with Crippen LogP contribution in [0.5, 0.6) is 5.75 Å². The summed E-state index contributed by atoms with van der Waals surface area (Å²) in [5.74, 6) is -0.858. The Bertz CT molecular complexity index is 824. The number of hydrogen-bond acceptors (Lipinski definition) is 9. The molecule has 0 spiro atoms. The SMILES string of the molecule is CC(=O)OC[C@H](COP(=O)([O-])OCC[N+](C)(C)C)OC(=O)COc1c(I)cc(I)cc1I. The van der Waals surface area contributed by atoms with Crippen molar-refractivity contribution in [2.75, 3.05) is 54.1 Å². The first-order valence-corrected chi connectivity index (χ1v) is 13.9. The molecule has 14 heteroatoms. The molecule has 0 aliphatic rings. The third-order valence-electron chi connectivity index (χ3n) is 3.50. The minimum absolute atomic E-state index is 0.0696. The van der Waals surface area contributed by atoms with Crippen LogP contribution in [0.4, 0.5) is 0 Å². The van der Waals surface area contributed by atoms with Crippen molar-refractivity contribution in [2.24, 2.45) is 0 Å². The fourth-order valence-electron chi connectivity index (χ4n) is 1.98. The Kier molecular flexibility index (Phi) is 13.2. The van der Waals surface area contributed by atoms with Gasteiger partial charge in [0.25, 0.3) is 7.82 Å². The third kappa shape index (κ3) is 13.2. The van der Waals surface area contributed by atoms with E-state index >= 15 is 0 Å². The summed E-state index contributed by atoms with van der Waals surface area (Å²) in [5, 5.41) is 0. The van der Waals surface area contributed by atoms with Crippen molar-refractivity contribution in [1.29, 1.82) is 0 Å². The van der Waals surface area contributed by atoms with Crippen LogP contribution in [-0.2, 0) is 32.7 Å². The van der Waals surface area contributed by atoms with Gasteiger partial charge in [-0.3, -0.25) is 9.36 Å². The molecule has 10 nitrogen and oxygen atoms in total. The topological polar surface area (TPSA) is 120 Å². The molecule has 1 rings (SSSR count). The molecular formula is C18H25I3NO9P. The normalized spacial score (nSPS) is 14.4. The lowest BCUT2D eigenvalue weighted by Crippen LogP contribution is -2.37. The van der Waals surface area contributed by atoms with Crippen molar-refractivity contribution in [3.8, 4) is 5.75 Å². The molecule has 1 aromatic rings. The molecule has 0 bridgehead atoms. The molecule has 0 heterocycles. The predicted octanol–water partition coefficient (Wildman–Crippen LogP) is 2.56. The van der Waals surface area contributed by atoms with Crippen LogP contribution in [-0.4, -0.2) is 76.6 Å². The molecule has 2 atom stereocenters. The van der Waals surface area contributed by atoms with Gasteiger partial charge in [-0.15, -0.1) is 0 Å². The summed E-state index contributed by atoms with van der Waals surface area (Å²) in [6.07, 6.45) is -1.16. The van der Waals surface area contributed by atoms with Gasteiger partial charge >= 0.3 is 11.9 Å². The number of phosphoric ester groups is 1. The number of carbonyl (C=O) groups is 2. The van der Waals surface area contributed by atoms with Crippen LogP contribution in [0.1, 0.15) is 6.92 Å². The van der Waals surface area contributed by atoms with Gasteiger partial charge in [0.05, 0.1) is 34.9 Å². The van der Waals surface area contributed by atoms with Gasteiger partial charge in [-0.1, -0.05) is 0 Å². The minimum Gasteiger partial charge on any atom is -0.756 e. The van der Waals surface area contributed by atoms with E-state index in [9.17, 15) is 19.0 Å². The lowest BCUT2D eigenvalue weighted by molar-refractivity contribution is -0.870. The third-order valence-corrected chi connectivity index (χ3v) is 6.69. The van der Waals surface area contributed by atoms with Crippen LogP contribution in [0.2, 0.25) is 0 Å². The highest BCUT2D eigenvalue weighted by molar-refractivity contribution is 14.1. The number of hydrogen-bond donors (Lipinski definition) is 0. The van der Waals surface area contributed by atoms with Gasteiger partial charge in [0.15, 0.2) is 12.7 Å². The number of esters is 2. The Labute approximate surface area is 228 Å². The van der Waals surface area contributed by atoms with E-state index < -0.39 is 39.1 Å². The van der Waals surface area contributed by atoms with Gasteiger partial charge in [-0.2, -0.15) is 0 Å². The van der Waals surface area contributed by atoms with E-state index in [1.807, 2.05) is 33.3 Å². The lowest BCUT2D eigenvalue weighted by Gasteiger charge is -2.28. The van der Waals surface area contributed by atoms with Crippen LogP contribution in [0, 0.1) is 10.7 Å². The van der Waals surface area contributed by atoms with Crippen molar-refractivity contribution in [3.63, 3.8) is 0 Å². The minimum atomic E-state index is -4.63. The van der Waals surface area contributed by atoms with E-state index in [1.165, 1.54) is 6.92 Å². The Hall–Kier alpha value is 0.220. The Morgan fingerprint density at radius 2 is 1.69 bits per heavy atom. The van der Waals surface area contributed by atoms with Gasteiger partial charge < -0.3 is 32.6 Å². The molecular weight excluding hydrogens is 786 g/mol. The van der Waals surface area contributed by atoms with Gasteiger partial charge in [0, 0.05) is 10.5 Å². The average molecular weight is 811 g/mol. The highest BCUT2D eigenvalue weighted by Crippen LogP contribution is 2.38. The molecule has 32 heavy (non-hydrogen) atoms. The monoisotopic (exact) mass is 811 g/mol. The number of quaternary nitrogens is 1. The number of rotatable bonds is 13. The predicted molar refractivity (Wildman–Crippen MR) is 139 cm³/mol. The van der Waals surface area contributed by atoms with Gasteiger partial charge in [0.1, 0.15) is 25.5 Å². The molecule has 0 aliphatic heterocycles. The zero-order valence-electron chi connectivity index (χ0n) is 18.0. The number of halogens is 3. The molecule has 0 saturated carbocycles. The second kappa shape index (κ2) is 13.9. The first kappa shape index (κ1) is 30.3. The second-order valence-corrected chi connectivity index (χ2v) is 12.5. The maximum atomic E-state index is 12.2. The summed E-state index contributed by atoms with van der Waals surface area (Å²) in [6, 6.07) is 3.79. The molecule has 0 fully saturated rings. The van der Waals surface area contributed by atoms with Crippen molar-refractivity contribution in [3.05, 3.63) is 22.8 Å². The van der Waals surface area contributed by atoms with Crippen LogP contribution < -0.4 is 9.63 Å². The summed E-state index contributed by atoms with van der Waals surface area (Å²) >= 11 is 6.37. The molecule has 0 N–H and O–H groups in total. The molecule has 1 unspecified atom stereocenters. The summed E-state index contributed by atoms with van der Waals surface area (Å²) in [6.45, 7) is 0.185. The second-order valence-electron chi connectivity index (χ2n) is 7.49. The Morgan fingerprint density at radius 1 is 1.09 bits per heavy atom. The first-order chi connectivity index (χ1) is 14.7. The Morgan fingerprint density at radius 3 is 2.22 bits per heavy atom. The molecule has 0 saturated heterocycles. The van der Waals surface area contributed by atoms with Crippen molar-refractivity contribution < 1.29 is 46.8 Å². The number of likely N-dealkylation sites (N-methyl/N-ethyl adjacent to an activating group) is 1. The largest absolute Gasteiger partial charge is 0.756 e. The van der Waals surface area contributed by atoms with Crippen molar-refractivity contribution in [2.45, 2.75) is 13.0 Å². The first-order valence-electron chi connectivity index (χ1n) is 9.19. The molecule has 0 aliphatic carbocycles. The van der Waals surface area contributed by atoms with E-state index in [1.54, 1.807) is 0 Å². The molecule has 0 aromatic heterocycles. The van der Waals surface area contributed by atoms with Crippen LogP contribution in [0.3, 0.4) is 0 Å². The number of phosphoric acid groups is 1. The van der Waals surface area contributed by atoms with Crippen molar-refractivity contribution >= 4 is 87.5 Å². The standard InChI is InChI=1S/C18H25I3NO9P/c1-12(23)27-9-14(10-30-32(25,26)29-6-5-22(2,3)4)31-17(24)11-28-18-15(20)7-13(19)8-16(18)21/h7-8,14H,5-6,9-11H2,1-4H3/t14-/m1/s1. The Balaban J connectivity index is 2.65. The lowest BCUT2D eigenvalue weighted by atomic mass is 10.3. The van der Waals surface area contributed by atoms with Gasteiger partial charge in [0.2, 0.25) is 0 Å². The van der Waals surface area contributed by atoms with E-state index in [4.69, 9.17) is 23.3 Å².